The van der Waals surface area contributed by atoms with Crippen LogP contribution in [0.4, 0.5) is 0 Å². The second-order valence-corrected chi connectivity index (χ2v) is 15.1. The monoisotopic (exact) mass is 817 g/mol. The van der Waals surface area contributed by atoms with Crippen LogP contribution in [0.25, 0.3) is 0 Å². The summed E-state index contributed by atoms with van der Waals surface area (Å²) in [7, 11) is 0. The number of carbonyl (C=O) groups is 2. The molecule has 2 unspecified atom stereocenters. The van der Waals surface area contributed by atoms with Crippen LogP contribution in [0.1, 0.15) is 162 Å². The van der Waals surface area contributed by atoms with Gasteiger partial charge in [-0.25, -0.2) is 0 Å². The summed E-state index contributed by atoms with van der Waals surface area (Å²) in [6, 6.07) is 0. The van der Waals surface area contributed by atoms with Gasteiger partial charge in [0.25, 0.3) is 0 Å². The number of rotatable bonds is 36. The number of esters is 2. The van der Waals surface area contributed by atoms with Crippen molar-refractivity contribution in [2.75, 3.05) is 19.8 Å². The van der Waals surface area contributed by atoms with Gasteiger partial charge in [-0.2, -0.15) is 0 Å². The minimum atomic E-state index is -1.61. The van der Waals surface area contributed by atoms with Crippen molar-refractivity contribution >= 4 is 11.9 Å². The van der Waals surface area contributed by atoms with E-state index >= 15 is 0 Å². The van der Waals surface area contributed by atoms with Crippen LogP contribution in [-0.4, -0.2) is 89.0 Å². The molecule has 1 aliphatic rings. The van der Waals surface area contributed by atoms with Gasteiger partial charge in [0.2, 0.25) is 0 Å². The smallest absolute Gasteiger partial charge is 0.306 e. The van der Waals surface area contributed by atoms with Crippen molar-refractivity contribution in [2.45, 2.75) is 198 Å². The van der Waals surface area contributed by atoms with E-state index in [0.717, 1.165) is 57.8 Å². The average Bonchev–Trinajstić information content (AvgIpc) is 3.22. The molecule has 332 valence electrons. The van der Waals surface area contributed by atoms with E-state index in [4.69, 9.17) is 18.9 Å². The highest BCUT2D eigenvalue weighted by Gasteiger charge is 2.44. The molecule has 0 bridgehead atoms. The molecule has 10 nitrogen and oxygen atoms in total. The summed E-state index contributed by atoms with van der Waals surface area (Å²) in [6.07, 6.45) is 40.6. The van der Waals surface area contributed by atoms with Crippen molar-refractivity contribution in [2.24, 2.45) is 0 Å². The molecule has 0 spiro atoms. The molecule has 0 saturated carbocycles. The largest absolute Gasteiger partial charge is 0.462 e. The predicted octanol–water partition coefficient (Wildman–Crippen LogP) is 9.61. The van der Waals surface area contributed by atoms with Crippen molar-refractivity contribution in [3.63, 3.8) is 0 Å². The number of allylic oxidation sites excluding steroid dienone is 12. The molecule has 0 aliphatic carbocycles. The fraction of sp³-hybridized carbons (Fsp3) is 0.708. The van der Waals surface area contributed by atoms with E-state index in [0.29, 0.717) is 12.8 Å². The maximum atomic E-state index is 12.7. The molecule has 1 rings (SSSR count). The summed E-state index contributed by atoms with van der Waals surface area (Å²) in [5.74, 6) is -0.907. The highest BCUT2D eigenvalue weighted by atomic mass is 16.7. The van der Waals surface area contributed by atoms with Crippen molar-refractivity contribution in [3.05, 3.63) is 72.9 Å². The highest BCUT2D eigenvalue weighted by Crippen LogP contribution is 2.22. The topological polar surface area (TPSA) is 152 Å². The number of unbranched alkanes of at least 4 members (excludes halogenated alkanes) is 13. The number of aliphatic hydroxyl groups excluding tert-OH is 4. The molecule has 1 aliphatic heterocycles. The van der Waals surface area contributed by atoms with E-state index in [2.05, 4.69) is 74.6 Å². The van der Waals surface area contributed by atoms with Gasteiger partial charge >= 0.3 is 11.9 Å². The molecule has 1 saturated heterocycles. The van der Waals surface area contributed by atoms with Crippen molar-refractivity contribution in [3.8, 4) is 0 Å². The van der Waals surface area contributed by atoms with Gasteiger partial charge in [-0.3, -0.25) is 9.59 Å². The van der Waals surface area contributed by atoms with E-state index in [-0.39, 0.29) is 26.1 Å². The Balaban J connectivity index is 2.40. The Morgan fingerprint density at radius 1 is 0.552 bits per heavy atom. The van der Waals surface area contributed by atoms with Crippen LogP contribution >= 0.6 is 0 Å². The second kappa shape index (κ2) is 38.3. The molecule has 0 aromatic carbocycles. The Kier molecular flexibility index (Phi) is 35.1. The van der Waals surface area contributed by atoms with Gasteiger partial charge in [-0.05, 0) is 51.4 Å². The first kappa shape index (κ1) is 53.2. The number of ether oxygens (including phenoxy) is 4. The van der Waals surface area contributed by atoms with E-state index in [1.54, 1.807) is 0 Å². The van der Waals surface area contributed by atoms with Gasteiger partial charge < -0.3 is 39.4 Å². The van der Waals surface area contributed by atoms with E-state index in [9.17, 15) is 30.0 Å². The normalized spacial score (nSPS) is 20.8. The maximum Gasteiger partial charge on any atom is 0.306 e. The first-order valence-corrected chi connectivity index (χ1v) is 22.5. The number of carbonyl (C=O) groups excluding carboxylic acids is 2. The zero-order valence-electron chi connectivity index (χ0n) is 36.0. The lowest BCUT2D eigenvalue weighted by Gasteiger charge is -2.39. The van der Waals surface area contributed by atoms with Crippen LogP contribution in [0.5, 0.6) is 0 Å². The zero-order chi connectivity index (χ0) is 42.3. The molecular formula is C48H80O10. The fourth-order valence-corrected chi connectivity index (χ4v) is 6.33. The summed E-state index contributed by atoms with van der Waals surface area (Å²) in [4.78, 5) is 25.3. The van der Waals surface area contributed by atoms with E-state index < -0.39 is 55.4 Å². The summed E-state index contributed by atoms with van der Waals surface area (Å²) in [5, 5.41) is 40.1. The first-order chi connectivity index (χ1) is 28.3. The molecule has 0 aromatic rings. The molecule has 1 heterocycles. The Morgan fingerprint density at radius 2 is 1.02 bits per heavy atom. The number of hydrogen-bond acceptors (Lipinski definition) is 10. The van der Waals surface area contributed by atoms with Gasteiger partial charge in [0, 0.05) is 12.8 Å². The Hall–Kier alpha value is -2.86. The fourth-order valence-electron chi connectivity index (χ4n) is 6.33. The number of hydrogen-bond donors (Lipinski definition) is 4. The Bertz CT molecular complexity index is 1170. The van der Waals surface area contributed by atoms with Crippen LogP contribution < -0.4 is 0 Å². The van der Waals surface area contributed by atoms with E-state index in [1.165, 1.54) is 64.2 Å². The predicted molar refractivity (Wildman–Crippen MR) is 233 cm³/mol. The average molecular weight is 817 g/mol. The van der Waals surface area contributed by atoms with Crippen molar-refractivity contribution < 1.29 is 49.0 Å². The van der Waals surface area contributed by atoms with Crippen LogP contribution in [-0.2, 0) is 28.5 Å². The highest BCUT2D eigenvalue weighted by molar-refractivity contribution is 5.70. The van der Waals surface area contributed by atoms with Crippen LogP contribution in [0.2, 0.25) is 0 Å². The molecular weight excluding hydrogens is 737 g/mol. The SMILES string of the molecule is CC/C=C/C/C=C/C/C=C/C/C=C/C/C=C/C/C=C/CCC(=O)O[C@H](COC(=O)CCCCCCCCCCCCCCCC)CO[C@@H]1O[C@H](CO)[C@H](O)C(O)C1O. The summed E-state index contributed by atoms with van der Waals surface area (Å²) < 4.78 is 22.1. The third kappa shape index (κ3) is 29.4. The van der Waals surface area contributed by atoms with Gasteiger partial charge in [0.1, 0.15) is 31.0 Å². The lowest BCUT2D eigenvalue weighted by atomic mass is 9.99. The summed E-state index contributed by atoms with van der Waals surface area (Å²) in [5.41, 5.74) is 0. The molecule has 58 heavy (non-hydrogen) atoms. The minimum Gasteiger partial charge on any atom is -0.462 e. The maximum absolute atomic E-state index is 12.7. The van der Waals surface area contributed by atoms with Crippen LogP contribution in [0.15, 0.2) is 72.9 Å². The van der Waals surface area contributed by atoms with Crippen LogP contribution in [0, 0.1) is 0 Å². The summed E-state index contributed by atoms with van der Waals surface area (Å²) >= 11 is 0. The van der Waals surface area contributed by atoms with Crippen molar-refractivity contribution in [1.29, 1.82) is 0 Å². The molecule has 0 radical (unpaired) electrons. The van der Waals surface area contributed by atoms with Gasteiger partial charge in [-0.1, -0.05) is 170 Å². The molecule has 0 aromatic heterocycles. The quantitative estimate of drug-likeness (QED) is 0.0273. The van der Waals surface area contributed by atoms with Crippen LogP contribution in [0.3, 0.4) is 0 Å². The summed E-state index contributed by atoms with van der Waals surface area (Å²) in [6.45, 7) is 3.23. The minimum absolute atomic E-state index is 0.103. The second-order valence-electron chi connectivity index (χ2n) is 15.1. The zero-order valence-corrected chi connectivity index (χ0v) is 36.0. The Morgan fingerprint density at radius 3 is 1.50 bits per heavy atom. The van der Waals surface area contributed by atoms with E-state index in [1.807, 2.05) is 12.2 Å². The first-order valence-electron chi connectivity index (χ1n) is 22.5. The standard InChI is InChI=1S/C48H80O10/c1-3-5-7-9-11-13-15-17-19-20-21-22-23-25-27-29-31-33-35-37-44(51)57-41(40-56-48-47(54)46(53)45(52)42(38-49)58-48)39-55-43(50)36-34-32-30-28-26-24-18-16-14-12-10-8-6-4-2/h5,7,11,13,17,19,21-22,25,27,31,33,41-42,45-49,52-54H,3-4,6,8-10,12,14-16,18,20,23-24,26,28-30,32,34-40H2,1-2H3/b7-5+,13-11+,19-17+,22-21+,27-25+,33-31+/t41-,42-,45+,46?,47?,48-/m1/s1. The number of aliphatic hydroxyl groups is 4. The van der Waals surface area contributed by atoms with Gasteiger partial charge in [0.15, 0.2) is 12.4 Å². The van der Waals surface area contributed by atoms with Gasteiger partial charge in [-0.15, -0.1) is 0 Å². The molecule has 6 atom stereocenters. The lowest BCUT2D eigenvalue weighted by Crippen LogP contribution is -2.59. The molecule has 1 fully saturated rings. The lowest BCUT2D eigenvalue weighted by molar-refractivity contribution is -0.305. The van der Waals surface area contributed by atoms with Gasteiger partial charge in [0.05, 0.1) is 13.2 Å². The molecule has 4 N–H and O–H groups in total. The third-order valence-corrected chi connectivity index (χ3v) is 9.87. The van der Waals surface area contributed by atoms with Crippen molar-refractivity contribution in [1.82, 2.24) is 0 Å². The third-order valence-electron chi connectivity index (χ3n) is 9.87. The molecule has 10 heteroatoms. The molecule has 0 amide bonds. The Labute approximate surface area is 351 Å².